The number of thiazole rings is 1. The molecule has 13 heavy (non-hydrogen) atoms. The van der Waals surface area contributed by atoms with Gasteiger partial charge in [0.15, 0.2) is 0 Å². The van der Waals surface area contributed by atoms with Crippen molar-refractivity contribution in [1.29, 1.82) is 0 Å². The second-order valence-corrected chi connectivity index (χ2v) is 4.31. The van der Waals surface area contributed by atoms with Crippen LogP contribution >= 0.6 is 11.3 Å². The minimum absolute atomic E-state index is 0.640. The van der Waals surface area contributed by atoms with Crippen LogP contribution in [0.5, 0.6) is 0 Å². The third-order valence-electron chi connectivity index (χ3n) is 2.65. The van der Waals surface area contributed by atoms with E-state index in [1.807, 2.05) is 5.51 Å². The van der Waals surface area contributed by atoms with Gasteiger partial charge in [0, 0.05) is 18.0 Å². The third kappa shape index (κ3) is 1.81. The van der Waals surface area contributed by atoms with Crippen molar-refractivity contribution in [3.8, 4) is 0 Å². The smallest absolute Gasteiger partial charge is 0.0798 e. The van der Waals surface area contributed by atoms with Gasteiger partial charge in [-0.25, -0.2) is 4.98 Å². The van der Waals surface area contributed by atoms with Gasteiger partial charge in [-0.3, -0.25) is 4.90 Å². The Morgan fingerprint density at radius 1 is 1.62 bits per heavy atom. The molecule has 0 N–H and O–H groups in total. The molecule has 0 amide bonds. The zero-order valence-corrected chi connectivity index (χ0v) is 8.84. The molecule has 0 aromatic carbocycles. The molecular weight excluding hydrogens is 180 g/mol. The van der Waals surface area contributed by atoms with Crippen LogP contribution in [-0.4, -0.2) is 29.5 Å². The van der Waals surface area contributed by atoms with Crippen LogP contribution in [0.4, 0.5) is 0 Å². The van der Waals surface area contributed by atoms with Crippen LogP contribution in [0.15, 0.2) is 17.0 Å². The summed E-state index contributed by atoms with van der Waals surface area (Å²) < 4.78 is 0. The van der Waals surface area contributed by atoms with E-state index in [1.54, 1.807) is 11.3 Å². The van der Waals surface area contributed by atoms with E-state index in [0.717, 1.165) is 13.0 Å². The lowest BCUT2D eigenvalue weighted by atomic mass is 10.00. The molecule has 1 aliphatic rings. The standard InChI is InChI=1S/C10H14N2S/c1-8-5-9(3-4-12(8)2)10-6-13-7-11-10/h3,6-8H,4-5H2,1-2H3/t8-/m0/s1. The maximum Gasteiger partial charge on any atom is 0.0798 e. The Kier molecular flexibility index (Phi) is 2.47. The predicted molar refractivity (Wildman–Crippen MR) is 56.8 cm³/mol. The molecule has 0 radical (unpaired) electrons. The topological polar surface area (TPSA) is 16.1 Å². The second kappa shape index (κ2) is 3.60. The number of likely N-dealkylation sites (N-methyl/N-ethyl adjacent to an activating group) is 1. The quantitative estimate of drug-likeness (QED) is 0.681. The Bertz CT molecular complexity index is 303. The highest BCUT2D eigenvalue weighted by Crippen LogP contribution is 2.24. The molecule has 2 heterocycles. The van der Waals surface area contributed by atoms with Crippen LogP contribution in [-0.2, 0) is 0 Å². The number of aromatic nitrogens is 1. The molecular formula is C10H14N2S. The van der Waals surface area contributed by atoms with Gasteiger partial charge in [0.25, 0.3) is 0 Å². The Morgan fingerprint density at radius 3 is 3.08 bits per heavy atom. The van der Waals surface area contributed by atoms with E-state index < -0.39 is 0 Å². The van der Waals surface area contributed by atoms with Gasteiger partial charge in [-0.1, -0.05) is 6.08 Å². The summed E-state index contributed by atoms with van der Waals surface area (Å²) in [6, 6.07) is 0.640. The monoisotopic (exact) mass is 194 g/mol. The molecule has 0 saturated heterocycles. The molecule has 1 aliphatic heterocycles. The Morgan fingerprint density at radius 2 is 2.46 bits per heavy atom. The average molecular weight is 194 g/mol. The summed E-state index contributed by atoms with van der Waals surface area (Å²) in [4.78, 5) is 6.69. The van der Waals surface area contributed by atoms with Crippen LogP contribution in [0.25, 0.3) is 5.57 Å². The van der Waals surface area contributed by atoms with Crippen molar-refractivity contribution in [2.24, 2.45) is 0 Å². The minimum Gasteiger partial charge on any atom is -0.300 e. The summed E-state index contributed by atoms with van der Waals surface area (Å²) in [5.41, 5.74) is 4.48. The van der Waals surface area contributed by atoms with E-state index >= 15 is 0 Å². The van der Waals surface area contributed by atoms with Crippen molar-refractivity contribution in [1.82, 2.24) is 9.88 Å². The van der Waals surface area contributed by atoms with E-state index in [9.17, 15) is 0 Å². The number of nitrogens with zero attached hydrogens (tertiary/aromatic N) is 2. The molecule has 1 aromatic heterocycles. The highest BCUT2D eigenvalue weighted by atomic mass is 32.1. The Balaban J connectivity index is 2.18. The number of rotatable bonds is 1. The molecule has 0 spiro atoms. The molecule has 0 bridgehead atoms. The summed E-state index contributed by atoms with van der Waals surface area (Å²) in [5.74, 6) is 0. The zero-order valence-electron chi connectivity index (χ0n) is 8.03. The minimum atomic E-state index is 0.640. The van der Waals surface area contributed by atoms with Gasteiger partial charge < -0.3 is 0 Å². The van der Waals surface area contributed by atoms with Crippen molar-refractivity contribution < 1.29 is 0 Å². The maximum atomic E-state index is 4.33. The van der Waals surface area contributed by atoms with Crippen LogP contribution in [0.3, 0.4) is 0 Å². The van der Waals surface area contributed by atoms with Crippen molar-refractivity contribution in [3.05, 3.63) is 22.7 Å². The van der Waals surface area contributed by atoms with Crippen LogP contribution in [0.1, 0.15) is 19.0 Å². The molecule has 0 fully saturated rings. The highest BCUT2D eigenvalue weighted by molar-refractivity contribution is 7.07. The normalized spacial score (nSPS) is 24.5. The number of hydrogen-bond acceptors (Lipinski definition) is 3. The van der Waals surface area contributed by atoms with Crippen LogP contribution < -0.4 is 0 Å². The van der Waals surface area contributed by atoms with Crippen molar-refractivity contribution in [2.75, 3.05) is 13.6 Å². The molecule has 3 heteroatoms. The van der Waals surface area contributed by atoms with Gasteiger partial charge in [-0.15, -0.1) is 11.3 Å². The molecule has 1 atom stereocenters. The Labute approximate surface area is 82.9 Å². The molecule has 2 rings (SSSR count). The third-order valence-corrected chi connectivity index (χ3v) is 3.24. The van der Waals surface area contributed by atoms with Gasteiger partial charge in [-0.05, 0) is 26.0 Å². The summed E-state index contributed by atoms with van der Waals surface area (Å²) in [6.45, 7) is 3.31. The first kappa shape index (κ1) is 8.91. The highest BCUT2D eigenvalue weighted by Gasteiger charge is 2.17. The summed E-state index contributed by atoms with van der Waals surface area (Å²) >= 11 is 1.67. The fraction of sp³-hybridized carbons (Fsp3) is 0.500. The van der Waals surface area contributed by atoms with Gasteiger partial charge in [0.1, 0.15) is 0 Å². The largest absolute Gasteiger partial charge is 0.300 e. The van der Waals surface area contributed by atoms with Gasteiger partial charge in [-0.2, -0.15) is 0 Å². The second-order valence-electron chi connectivity index (χ2n) is 3.60. The van der Waals surface area contributed by atoms with Gasteiger partial charge in [0.05, 0.1) is 11.2 Å². The fourth-order valence-electron chi connectivity index (χ4n) is 1.57. The van der Waals surface area contributed by atoms with Crippen LogP contribution in [0, 0.1) is 0 Å². The zero-order chi connectivity index (χ0) is 9.26. The first-order valence-electron chi connectivity index (χ1n) is 4.55. The first-order chi connectivity index (χ1) is 6.27. The molecule has 0 unspecified atom stereocenters. The Hall–Kier alpha value is -0.670. The lowest BCUT2D eigenvalue weighted by molar-refractivity contribution is 0.279. The van der Waals surface area contributed by atoms with Crippen molar-refractivity contribution in [2.45, 2.75) is 19.4 Å². The lowest BCUT2D eigenvalue weighted by Gasteiger charge is -2.28. The van der Waals surface area contributed by atoms with E-state index in [1.165, 1.54) is 11.3 Å². The lowest BCUT2D eigenvalue weighted by Crippen LogP contribution is -2.32. The average Bonchev–Trinajstić information content (AvgIpc) is 2.62. The number of hydrogen-bond donors (Lipinski definition) is 0. The van der Waals surface area contributed by atoms with E-state index in [-0.39, 0.29) is 0 Å². The maximum absolute atomic E-state index is 4.33. The molecule has 0 aliphatic carbocycles. The van der Waals surface area contributed by atoms with Gasteiger partial charge >= 0.3 is 0 Å². The van der Waals surface area contributed by atoms with Crippen molar-refractivity contribution in [3.63, 3.8) is 0 Å². The molecule has 1 aromatic rings. The van der Waals surface area contributed by atoms with Crippen molar-refractivity contribution >= 4 is 16.9 Å². The molecule has 70 valence electrons. The van der Waals surface area contributed by atoms with Gasteiger partial charge in [0.2, 0.25) is 0 Å². The van der Waals surface area contributed by atoms with Crippen LogP contribution in [0.2, 0.25) is 0 Å². The first-order valence-corrected chi connectivity index (χ1v) is 5.49. The molecule has 2 nitrogen and oxygen atoms in total. The summed E-state index contributed by atoms with van der Waals surface area (Å²) in [5, 5.41) is 2.13. The summed E-state index contributed by atoms with van der Waals surface area (Å²) in [7, 11) is 2.17. The van der Waals surface area contributed by atoms with E-state index in [2.05, 4.69) is 35.3 Å². The summed E-state index contributed by atoms with van der Waals surface area (Å²) in [6.07, 6.45) is 3.41. The van der Waals surface area contributed by atoms with E-state index in [4.69, 9.17) is 0 Å². The predicted octanol–water partition coefficient (Wildman–Crippen LogP) is 2.25. The SMILES string of the molecule is C[C@H]1CC(c2cscn2)=CCN1C. The fourth-order valence-corrected chi connectivity index (χ4v) is 2.15. The molecule has 0 saturated carbocycles. The van der Waals surface area contributed by atoms with E-state index in [0.29, 0.717) is 6.04 Å².